The maximum atomic E-state index is 11.5. The molecule has 1 saturated heterocycles. The van der Waals surface area contributed by atoms with Crippen LogP contribution in [0.3, 0.4) is 0 Å². The van der Waals surface area contributed by atoms with Crippen LogP contribution in [0.4, 0.5) is 0 Å². The Morgan fingerprint density at radius 2 is 2.27 bits per heavy atom. The zero-order chi connectivity index (χ0) is 10.2. The monoisotopic (exact) mass is 202 g/mol. The van der Waals surface area contributed by atoms with Gasteiger partial charge in [-0.05, 0) is 17.9 Å². The van der Waals surface area contributed by atoms with E-state index in [9.17, 15) is 9.90 Å². The predicted molar refractivity (Wildman–Crippen MR) is 51.2 cm³/mol. The zero-order valence-electron chi connectivity index (χ0n) is 8.01. The summed E-state index contributed by atoms with van der Waals surface area (Å²) in [4.78, 5) is 11.5. The van der Waals surface area contributed by atoms with E-state index in [1.807, 2.05) is 24.3 Å². The molecule has 1 N–H and O–H groups in total. The zero-order valence-corrected chi connectivity index (χ0v) is 8.01. The number of benzene rings is 1. The van der Waals surface area contributed by atoms with Gasteiger partial charge in [0.25, 0.3) is 0 Å². The van der Waals surface area contributed by atoms with E-state index in [-0.39, 0.29) is 12.0 Å². The molecule has 4 rings (SSSR count). The third kappa shape index (κ3) is 0.659. The molecule has 0 amide bonds. The molecule has 3 aliphatic rings. The van der Waals surface area contributed by atoms with Gasteiger partial charge >= 0.3 is 5.97 Å². The highest BCUT2D eigenvalue weighted by Crippen LogP contribution is 2.71. The van der Waals surface area contributed by atoms with Crippen LogP contribution in [-0.2, 0) is 15.1 Å². The van der Waals surface area contributed by atoms with Crippen molar-refractivity contribution in [3.05, 3.63) is 35.4 Å². The second-order valence-corrected chi connectivity index (χ2v) is 4.67. The van der Waals surface area contributed by atoms with Gasteiger partial charge in [-0.1, -0.05) is 24.3 Å². The number of carboxylic acid groups (broad SMARTS) is 1. The summed E-state index contributed by atoms with van der Waals surface area (Å²) in [6.07, 6.45) is 1.05. The number of ether oxygens (including phenoxy) is 1. The van der Waals surface area contributed by atoms with Gasteiger partial charge in [0.05, 0.1) is 6.10 Å². The second kappa shape index (κ2) is 2.09. The molecule has 2 heterocycles. The Morgan fingerprint density at radius 1 is 1.47 bits per heavy atom. The number of hydrogen-bond donors (Lipinski definition) is 1. The van der Waals surface area contributed by atoms with Crippen molar-refractivity contribution >= 4 is 5.97 Å². The lowest BCUT2D eigenvalue weighted by molar-refractivity contribution is -0.167. The molecule has 0 aromatic heterocycles. The molecule has 76 valence electrons. The van der Waals surface area contributed by atoms with E-state index < -0.39 is 11.6 Å². The molecule has 1 aliphatic carbocycles. The summed E-state index contributed by atoms with van der Waals surface area (Å²) in [5.74, 6) is -0.145. The average Bonchev–Trinajstić information content (AvgIpc) is 2.89. The predicted octanol–water partition coefficient (Wildman–Crippen LogP) is 1.69. The van der Waals surface area contributed by atoms with E-state index >= 15 is 0 Å². The van der Waals surface area contributed by atoms with E-state index in [1.54, 1.807) is 0 Å². The average molecular weight is 202 g/mol. The first-order chi connectivity index (χ1) is 7.25. The fraction of sp³-hybridized carbons (Fsp3) is 0.417. The SMILES string of the molecule is O=C(O)C12O[C@H](c3ccccc31)C1CC12. The maximum absolute atomic E-state index is 11.5. The van der Waals surface area contributed by atoms with Crippen molar-refractivity contribution in [2.24, 2.45) is 11.8 Å². The molecule has 3 heteroatoms. The highest BCUT2D eigenvalue weighted by molar-refractivity contribution is 5.83. The van der Waals surface area contributed by atoms with Crippen LogP contribution in [-0.4, -0.2) is 11.1 Å². The Labute approximate surface area is 86.7 Å². The van der Waals surface area contributed by atoms with Gasteiger partial charge in [-0.15, -0.1) is 0 Å². The minimum Gasteiger partial charge on any atom is -0.479 e. The van der Waals surface area contributed by atoms with E-state index in [4.69, 9.17) is 4.74 Å². The van der Waals surface area contributed by atoms with Gasteiger partial charge in [0, 0.05) is 11.5 Å². The second-order valence-electron chi connectivity index (χ2n) is 4.67. The Kier molecular flexibility index (Phi) is 1.10. The molecule has 4 atom stereocenters. The van der Waals surface area contributed by atoms with Gasteiger partial charge in [-0.3, -0.25) is 0 Å². The molecule has 2 bridgehead atoms. The number of hydrogen-bond acceptors (Lipinski definition) is 2. The fourth-order valence-corrected chi connectivity index (χ4v) is 3.36. The molecule has 1 aromatic carbocycles. The van der Waals surface area contributed by atoms with Crippen molar-refractivity contribution < 1.29 is 14.6 Å². The summed E-state index contributed by atoms with van der Waals surface area (Å²) < 4.78 is 5.75. The fourth-order valence-electron chi connectivity index (χ4n) is 3.36. The Balaban J connectivity index is 2.03. The third-order valence-corrected chi connectivity index (χ3v) is 4.05. The van der Waals surface area contributed by atoms with Crippen LogP contribution in [0.1, 0.15) is 23.7 Å². The van der Waals surface area contributed by atoms with Gasteiger partial charge in [-0.25, -0.2) is 4.79 Å². The van der Waals surface area contributed by atoms with E-state index in [0.717, 1.165) is 17.5 Å². The first kappa shape index (κ1) is 7.88. The number of fused-ring (bicyclic) bond motifs is 8. The van der Waals surface area contributed by atoms with Gasteiger partial charge in [0.2, 0.25) is 0 Å². The molecule has 2 fully saturated rings. The molecule has 1 aromatic rings. The summed E-state index contributed by atoms with van der Waals surface area (Å²) in [6.45, 7) is 0. The number of rotatable bonds is 1. The standard InChI is InChI=1S/C12H10O3/c13-11(14)12-8-4-2-1-3-6(8)10(15-12)7-5-9(7)12/h1-4,7,9-10H,5H2,(H,13,14)/t7?,9?,10-,12?/m1/s1. The normalized spacial score (nSPS) is 43.6. The molecular formula is C12H10O3. The van der Waals surface area contributed by atoms with Crippen LogP contribution in [0.15, 0.2) is 24.3 Å². The highest BCUT2D eigenvalue weighted by Gasteiger charge is 2.73. The van der Waals surface area contributed by atoms with Crippen LogP contribution in [0.2, 0.25) is 0 Å². The van der Waals surface area contributed by atoms with Crippen molar-refractivity contribution in [1.82, 2.24) is 0 Å². The van der Waals surface area contributed by atoms with Gasteiger partial charge in [0.15, 0.2) is 5.60 Å². The molecule has 0 spiro atoms. The van der Waals surface area contributed by atoms with Crippen LogP contribution in [0.25, 0.3) is 0 Å². The first-order valence-corrected chi connectivity index (χ1v) is 5.26. The van der Waals surface area contributed by atoms with Crippen molar-refractivity contribution in [3.8, 4) is 0 Å². The van der Waals surface area contributed by atoms with Crippen molar-refractivity contribution in [3.63, 3.8) is 0 Å². The van der Waals surface area contributed by atoms with Gasteiger partial charge < -0.3 is 9.84 Å². The summed E-state index contributed by atoms with van der Waals surface area (Å²) in [7, 11) is 0. The smallest absolute Gasteiger partial charge is 0.341 e. The lowest BCUT2D eigenvalue weighted by Crippen LogP contribution is -2.36. The van der Waals surface area contributed by atoms with Crippen LogP contribution in [0.5, 0.6) is 0 Å². The Morgan fingerprint density at radius 3 is 3.07 bits per heavy atom. The minimum atomic E-state index is -1.01. The molecule has 2 aliphatic heterocycles. The third-order valence-electron chi connectivity index (χ3n) is 4.05. The van der Waals surface area contributed by atoms with Crippen LogP contribution in [0, 0.1) is 11.8 Å². The van der Waals surface area contributed by atoms with Crippen molar-refractivity contribution in [2.75, 3.05) is 0 Å². The number of aliphatic carboxylic acids is 1. The maximum Gasteiger partial charge on any atom is 0.341 e. The van der Waals surface area contributed by atoms with E-state index in [1.165, 1.54) is 0 Å². The van der Waals surface area contributed by atoms with Crippen molar-refractivity contribution in [2.45, 2.75) is 18.1 Å². The quantitative estimate of drug-likeness (QED) is 0.753. The van der Waals surface area contributed by atoms with Crippen molar-refractivity contribution in [1.29, 1.82) is 0 Å². The minimum absolute atomic E-state index is 0.0438. The molecular weight excluding hydrogens is 192 g/mol. The summed E-state index contributed by atoms with van der Waals surface area (Å²) in [5, 5.41) is 9.41. The molecule has 3 unspecified atom stereocenters. The number of carbonyl (C=O) groups is 1. The largest absolute Gasteiger partial charge is 0.479 e. The Bertz CT molecular complexity index is 482. The highest BCUT2D eigenvalue weighted by atomic mass is 16.6. The summed E-state index contributed by atoms with van der Waals surface area (Å²) in [6, 6.07) is 7.75. The molecule has 0 radical (unpaired) electrons. The van der Waals surface area contributed by atoms with Gasteiger partial charge in [-0.2, -0.15) is 0 Å². The summed E-state index contributed by atoms with van der Waals surface area (Å²) >= 11 is 0. The first-order valence-electron chi connectivity index (χ1n) is 5.26. The Hall–Kier alpha value is -1.35. The molecule has 1 saturated carbocycles. The molecule has 3 nitrogen and oxygen atoms in total. The van der Waals surface area contributed by atoms with Crippen LogP contribution >= 0.6 is 0 Å². The van der Waals surface area contributed by atoms with E-state index in [0.29, 0.717) is 5.92 Å². The molecule has 15 heavy (non-hydrogen) atoms. The van der Waals surface area contributed by atoms with Gasteiger partial charge in [0.1, 0.15) is 0 Å². The topological polar surface area (TPSA) is 46.5 Å². The lowest BCUT2D eigenvalue weighted by Gasteiger charge is -2.22. The lowest BCUT2D eigenvalue weighted by atomic mass is 9.82. The summed E-state index contributed by atoms with van der Waals surface area (Å²) in [5.41, 5.74) is 0.978. The van der Waals surface area contributed by atoms with E-state index in [2.05, 4.69) is 0 Å². The van der Waals surface area contributed by atoms with Crippen LogP contribution < -0.4 is 0 Å². The number of carboxylic acids is 1.